The predicted molar refractivity (Wildman–Crippen MR) is 71.6 cm³/mol. The number of hydrogen-bond acceptors (Lipinski definition) is 2. The third-order valence-electron chi connectivity index (χ3n) is 4.29. The van der Waals surface area contributed by atoms with Crippen molar-refractivity contribution in [3.63, 3.8) is 0 Å². The summed E-state index contributed by atoms with van der Waals surface area (Å²) in [6.07, 6.45) is 5.55. The number of rotatable bonds is 5. The molecular formula is C14H28N2O. The lowest BCUT2D eigenvalue weighted by Crippen LogP contribution is -2.48. The smallest absolute Gasteiger partial charge is 0.224 e. The summed E-state index contributed by atoms with van der Waals surface area (Å²) in [4.78, 5) is 12.2. The fourth-order valence-corrected chi connectivity index (χ4v) is 2.85. The fourth-order valence-electron chi connectivity index (χ4n) is 2.85. The average molecular weight is 240 g/mol. The molecule has 0 radical (unpaired) electrons. The van der Waals surface area contributed by atoms with Gasteiger partial charge in [-0.15, -0.1) is 0 Å². The highest BCUT2D eigenvalue weighted by molar-refractivity contribution is 5.79. The maximum atomic E-state index is 12.2. The number of nitrogens with one attached hydrogen (secondary N) is 1. The van der Waals surface area contributed by atoms with Gasteiger partial charge in [-0.2, -0.15) is 0 Å². The Bertz CT molecular complexity index is 228. The molecule has 3 unspecified atom stereocenters. The van der Waals surface area contributed by atoms with Gasteiger partial charge in [0, 0.05) is 12.6 Å². The minimum Gasteiger partial charge on any atom is -0.356 e. The van der Waals surface area contributed by atoms with Crippen molar-refractivity contribution in [3.05, 3.63) is 0 Å². The number of carbonyl (C=O) groups is 1. The maximum Gasteiger partial charge on any atom is 0.224 e. The molecule has 0 bridgehead atoms. The zero-order chi connectivity index (χ0) is 12.8. The molecule has 1 aliphatic rings. The van der Waals surface area contributed by atoms with Gasteiger partial charge in [0.1, 0.15) is 0 Å². The zero-order valence-corrected chi connectivity index (χ0v) is 11.5. The van der Waals surface area contributed by atoms with Gasteiger partial charge >= 0.3 is 0 Å². The normalized spacial score (nSPS) is 29.4. The van der Waals surface area contributed by atoms with Crippen LogP contribution in [0.4, 0.5) is 0 Å². The van der Waals surface area contributed by atoms with Crippen LogP contribution in [-0.4, -0.2) is 18.5 Å². The highest BCUT2D eigenvalue weighted by Gasteiger charge is 2.33. The second-order valence-corrected chi connectivity index (χ2v) is 5.53. The number of amides is 1. The van der Waals surface area contributed by atoms with Crippen LogP contribution in [0.15, 0.2) is 0 Å². The van der Waals surface area contributed by atoms with E-state index >= 15 is 0 Å². The quantitative estimate of drug-likeness (QED) is 0.774. The van der Waals surface area contributed by atoms with Crippen LogP contribution >= 0.6 is 0 Å². The Hall–Kier alpha value is -0.570. The van der Waals surface area contributed by atoms with Crippen molar-refractivity contribution in [3.8, 4) is 0 Å². The van der Waals surface area contributed by atoms with Gasteiger partial charge in [0.05, 0.1) is 5.92 Å². The van der Waals surface area contributed by atoms with Crippen molar-refractivity contribution in [2.24, 2.45) is 23.5 Å². The Balaban J connectivity index is 2.45. The van der Waals surface area contributed by atoms with Gasteiger partial charge in [-0.25, -0.2) is 0 Å². The van der Waals surface area contributed by atoms with Gasteiger partial charge in [0.25, 0.3) is 0 Å². The molecule has 0 heterocycles. The highest BCUT2D eigenvalue weighted by atomic mass is 16.1. The lowest BCUT2D eigenvalue weighted by molar-refractivity contribution is -0.128. The standard InChI is InChI=1S/C14H28N2O/c1-4-11(5-2)9-16-14(17)13-10(3)7-6-8-12(13)15/h10-13H,4-9,15H2,1-3H3,(H,16,17). The Morgan fingerprint density at radius 2 is 2.00 bits per heavy atom. The van der Waals surface area contributed by atoms with Crippen molar-refractivity contribution < 1.29 is 4.79 Å². The van der Waals surface area contributed by atoms with Crippen molar-refractivity contribution in [2.45, 2.75) is 58.9 Å². The largest absolute Gasteiger partial charge is 0.356 e. The molecule has 0 aromatic rings. The first-order valence-corrected chi connectivity index (χ1v) is 7.13. The first kappa shape index (κ1) is 14.5. The molecule has 0 aliphatic heterocycles. The SMILES string of the molecule is CCC(CC)CNC(=O)C1C(C)CCCC1N. The fraction of sp³-hybridized carbons (Fsp3) is 0.929. The van der Waals surface area contributed by atoms with Crippen LogP contribution < -0.4 is 11.1 Å². The summed E-state index contributed by atoms with van der Waals surface area (Å²) in [7, 11) is 0. The van der Waals surface area contributed by atoms with Crippen LogP contribution in [0.3, 0.4) is 0 Å². The lowest BCUT2D eigenvalue weighted by atomic mass is 9.76. The third-order valence-corrected chi connectivity index (χ3v) is 4.29. The summed E-state index contributed by atoms with van der Waals surface area (Å²) in [6, 6.07) is 0.0560. The Morgan fingerprint density at radius 3 is 2.53 bits per heavy atom. The van der Waals surface area contributed by atoms with Gasteiger partial charge in [-0.3, -0.25) is 4.79 Å². The summed E-state index contributed by atoms with van der Waals surface area (Å²) in [5.41, 5.74) is 6.08. The summed E-state index contributed by atoms with van der Waals surface area (Å²) in [5.74, 6) is 1.24. The van der Waals surface area contributed by atoms with E-state index in [9.17, 15) is 4.79 Å². The van der Waals surface area contributed by atoms with E-state index in [2.05, 4.69) is 26.1 Å². The molecule has 17 heavy (non-hydrogen) atoms. The summed E-state index contributed by atoms with van der Waals surface area (Å²) < 4.78 is 0. The molecule has 3 atom stereocenters. The van der Waals surface area contributed by atoms with Crippen LogP contribution in [0.1, 0.15) is 52.9 Å². The Kier molecular flexibility index (Phi) is 5.96. The summed E-state index contributed by atoms with van der Waals surface area (Å²) in [6.45, 7) is 7.31. The first-order valence-electron chi connectivity index (χ1n) is 7.13. The van der Waals surface area contributed by atoms with Gasteiger partial charge in [-0.1, -0.05) is 40.0 Å². The van der Waals surface area contributed by atoms with E-state index in [1.165, 1.54) is 6.42 Å². The number of hydrogen-bond donors (Lipinski definition) is 2. The van der Waals surface area contributed by atoms with E-state index in [-0.39, 0.29) is 17.9 Å². The second-order valence-electron chi connectivity index (χ2n) is 5.53. The van der Waals surface area contributed by atoms with E-state index in [0.717, 1.165) is 32.2 Å². The molecule has 1 fully saturated rings. The molecule has 0 saturated heterocycles. The van der Waals surface area contributed by atoms with Crippen LogP contribution in [-0.2, 0) is 4.79 Å². The minimum absolute atomic E-state index is 0.0260. The molecule has 3 nitrogen and oxygen atoms in total. The minimum atomic E-state index is 0.0260. The van der Waals surface area contributed by atoms with Gasteiger partial charge in [0.2, 0.25) is 5.91 Å². The number of carbonyl (C=O) groups excluding carboxylic acids is 1. The molecule has 1 saturated carbocycles. The van der Waals surface area contributed by atoms with E-state index in [1.54, 1.807) is 0 Å². The van der Waals surface area contributed by atoms with Crippen LogP contribution in [0.25, 0.3) is 0 Å². The summed E-state index contributed by atoms with van der Waals surface area (Å²) in [5, 5.41) is 3.10. The molecule has 3 N–H and O–H groups in total. The molecular weight excluding hydrogens is 212 g/mol. The molecule has 0 aromatic carbocycles. The lowest BCUT2D eigenvalue weighted by Gasteiger charge is -2.33. The maximum absolute atomic E-state index is 12.2. The van der Waals surface area contributed by atoms with Gasteiger partial charge in [0.15, 0.2) is 0 Å². The van der Waals surface area contributed by atoms with Gasteiger partial charge < -0.3 is 11.1 Å². The number of nitrogens with two attached hydrogens (primary N) is 1. The van der Waals surface area contributed by atoms with Crippen LogP contribution in [0, 0.1) is 17.8 Å². The van der Waals surface area contributed by atoms with E-state index in [1.807, 2.05) is 0 Å². The van der Waals surface area contributed by atoms with E-state index < -0.39 is 0 Å². The van der Waals surface area contributed by atoms with Crippen LogP contribution in [0.5, 0.6) is 0 Å². The zero-order valence-electron chi connectivity index (χ0n) is 11.5. The Labute approximate surface area is 106 Å². The van der Waals surface area contributed by atoms with E-state index in [0.29, 0.717) is 11.8 Å². The van der Waals surface area contributed by atoms with Crippen LogP contribution in [0.2, 0.25) is 0 Å². The van der Waals surface area contributed by atoms with E-state index in [4.69, 9.17) is 5.73 Å². The van der Waals surface area contributed by atoms with Gasteiger partial charge in [-0.05, 0) is 24.7 Å². The topological polar surface area (TPSA) is 55.1 Å². The Morgan fingerprint density at radius 1 is 1.35 bits per heavy atom. The monoisotopic (exact) mass is 240 g/mol. The molecule has 1 rings (SSSR count). The van der Waals surface area contributed by atoms with Crippen molar-refractivity contribution >= 4 is 5.91 Å². The van der Waals surface area contributed by atoms with Crippen molar-refractivity contribution in [1.82, 2.24) is 5.32 Å². The molecule has 3 heteroatoms. The molecule has 0 spiro atoms. The molecule has 0 aromatic heterocycles. The molecule has 1 amide bonds. The summed E-state index contributed by atoms with van der Waals surface area (Å²) >= 11 is 0. The van der Waals surface area contributed by atoms with Crippen molar-refractivity contribution in [1.29, 1.82) is 0 Å². The highest BCUT2D eigenvalue weighted by Crippen LogP contribution is 2.29. The third kappa shape index (κ3) is 3.98. The second kappa shape index (κ2) is 7.00. The first-order chi connectivity index (χ1) is 8.10. The molecule has 1 aliphatic carbocycles. The molecule has 100 valence electrons. The average Bonchev–Trinajstić information content (AvgIpc) is 2.30. The predicted octanol–water partition coefficient (Wildman–Crippen LogP) is 2.30. The van der Waals surface area contributed by atoms with Crippen molar-refractivity contribution in [2.75, 3.05) is 6.54 Å².